The maximum atomic E-state index is 12.9. The molecule has 1 heterocycles. The van der Waals surface area contributed by atoms with Crippen molar-refractivity contribution in [2.45, 2.75) is 217 Å². The van der Waals surface area contributed by atoms with Crippen LogP contribution in [0.5, 0.6) is 0 Å². The van der Waals surface area contributed by atoms with Crippen molar-refractivity contribution in [3.8, 4) is 0 Å². The Morgan fingerprint density at radius 1 is 0.630 bits per heavy atom. The second-order valence-corrected chi connectivity index (χ2v) is 15.1. The number of carbonyl (C=O) groups is 1. The van der Waals surface area contributed by atoms with Crippen LogP contribution < -0.4 is 5.32 Å². The van der Waals surface area contributed by atoms with E-state index in [9.17, 15) is 30.3 Å². The minimum absolute atomic E-state index is 0.200. The summed E-state index contributed by atoms with van der Waals surface area (Å²) in [6, 6.07) is -0.828. The van der Waals surface area contributed by atoms with Gasteiger partial charge in [0.25, 0.3) is 0 Å². The fraction of sp³-hybridized carbons (Fsp3) is 0.800. The zero-order valence-electron chi connectivity index (χ0n) is 34.2. The van der Waals surface area contributed by atoms with Crippen LogP contribution in [0.15, 0.2) is 48.6 Å². The lowest BCUT2D eigenvalue weighted by molar-refractivity contribution is -0.302. The predicted octanol–water partition coefficient (Wildman–Crippen LogP) is 8.67. The number of nitrogens with one attached hydrogen (secondary N) is 1. The molecule has 0 saturated carbocycles. The van der Waals surface area contributed by atoms with Crippen LogP contribution in [-0.2, 0) is 14.3 Å². The van der Waals surface area contributed by atoms with Gasteiger partial charge in [-0.3, -0.25) is 4.79 Å². The van der Waals surface area contributed by atoms with Crippen molar-refractivity contribution in [1.29, 1.82) is 0 Å². The third-order valence-corrected chi connectivity index (χ3v) is 10.1. The van der Waals surface area contributed by atoms with Crippen LogP contribution in [0.25, 0.3) is 0 Å². The van der Waals surface area contributed by atoms with Crippen molar-refractivity contribution in [3.63, 3.8) is 0 Å². The molecular weight excluding hydrogens is 682 g/mol. The van der Waals surface area contributed by atoms with E-state index >= 15 is 0 Å². The highest BCUT2D eigenvalue weighted by atomic mass is 16.7. The van der Waals surface area contributed by atoms with Crippen LogP contribution in [0.3, 0.4) is 0 Å². The van der Waals surface area contributed by atoms with Gasteiger partial charge in [0.1, 0.15) is 24.4 Å². The molecule has 9 nitrogen and oxygen atoms in total. The molecule has 54 heavy (non-hydrogen) atoms. The molecule has 0 radical (unpaired) electrons. The second kappa shape index (κ2) is 35.6. The first-order valence-electron chi connectivity index (χ1n) is 21.9. The molecule has 1 fully saturated rings. The SMILES string of the molecule is CC/C=C/CC/C=C/CC/C=C/C(O)C(COC1OC(CO)C(O)C(O)C1O)NC(=O)CCCCCCCCC/C=C\CCCCCCCCCCCC. The lowest BCUT2D eigenvalue weighted by atomic mass is 9.99. The van der Waals surface area contributed by atoms with Gasteiger partial charge in [-0.25, -0.2) is 0 Å². The Morgan fingerprint density at radius 3 is 1.65 bits per heavy atom. The van der Waals surface area contributed by atoms with Gasteiger partial charge in [-0.2, -0.15) is 0 Å². The highest BCUT2D eigenvalue weighted by Crippen LogP contribution is 2.22. The molecule has 1 aliphatic heterocycles. The Labute approximate surface area is 329 Å². The van der Waals surface area contributed by atoms with Crippen molar-refractivity contribution < 1.29 is 39.8 Å². The highest BCUT2D eigenvalue weighted by molar-refractivity contribution is 5.76. The molecule has 0 aromatic rings. The summed E-state index contributed by atoms with van der Waals surface area (Å²) in [5, 5.41) is 53.9. The lowest BCUT2D eigenvalue weighted by Gasteiger charge is -2.40. The van der Waals surface area contributed by atoms with Gasteiger partial charge >= 0.3 is 0 Å². The summed E-state index contributed by atoms with van der Waals surface area (Å²) in [5.74, 6) is -0.200. The van der Waals surface area contributed by atoms with E-state index in [-0.39, 0.29) is 12.5 Å². The third-order valence-electron chi connectivity index (χ3n) is 10.1. The average Bonchev–Trinajstić information content (AvgIpc) is 3.17. The van der Waals surface area contributed by atoms with E-state index < -0.39 is 49.5 Å². The fourth-order valence-corrected chi connectivity index (χ4v) is 6.60. The first-order chi connectivity index (χ1) is 26.3. The van der Waals surface area contributed by atoms with Gasteiger partial charge in [0.2, 0.25) is 5.91 Å². The number of unbranched alkanes of at least 4 members (excludes halogenated alkanes) is 19. The number of allylic oxidation sites excluding steroid dienone is 7. The summed E-state index contributed by atoms with van der Waals surface area (Å²) in [5.41, 5.74) is 0. The summed E-state index contributed by atoms with van der Waals surface area (Å²) in [4.78, 5) is 12.9. The van der Waals surface area contributed by atoms with Crippen LogP contribution in [0.2, 0.25) is 0 Å². The summed E-state index contributed by atoms with van der Waals surface area (Å²) in [6.45, 7) is 3.61. The first-order valence-corrected chi connectivity index (χ1v) is 21.9. The number of hydrogen-bond donors (Lipinski definition) is 6. The number of aliphatic hydroxyl groups is 5. The molecule has 9 heteroatoms. The molecule has 0 bridgehead atoms. The van der Waals surface area contributed by atoms with E-state index in [0.29, 0.717) is 6.42 Å². The van der Waals surface area contributed by atoms with Gasteiger partial charge in [0.15, 0.2) is 6.29 Å². The number of amides is 1. The molecule has 0 aromatic carbocycles. The average molecular weight is 764 g/mol. The Kier molecular flexibility index (Phi) is 33.0. The van der Waals surface area contributed by atoms with E-state index in [2.05, 4.69) is 55.6 Å². The van der Waals surface area contributed by atoms with Crippen LogP contribution in [0.1, 0.15) is 174 Å². The highest BCUT2D eigenvalue weighted by Gasteiger charge is 2.44. The van der Waals surface area contributed by atoms with E-state index in [1.807, 2.05) is 6.08 Å². The maximum absolute atomic E-state index is 12.9. The standard InChI is InChI=1S/C45H81NO8/c1-3-5-7-9-11-13-15-16-17-18-19-20-21-22-23-24-25-27-29-31-33-35-41(49)46-38(37-53-45-44(52)43(51)42(50)40(36-47)54-45)39(48)34-32-30-28-26-14-12-10-8-6-4-2/h6,8,14,20-21,26,32,34,38-40,42-45,47-48,50-52H,3-5,7,9-13,15-19,22-25,27-31,33,35-37H2,1-2H3,(H,46,49)/b8-6+,21-20-,26-14+,34-32+. The zero-order valence-corrected chi connectivity index (χ0v) is 34.2. The molecule has 1 aliphatic rings. The largest absolute Gasteiger partial charge is 0.394 e. The predicted molar refractivity (Wildman–Crippen MR) is 221 cm³/mol. The molecule has 7 unspecified atom stereocenters. The molecule has 0 aromatic heterocycles. The minimum Gasteiger partial charge on any atom is -0.394 e. The molecule has 7 atom stereocenters. The molecule has 1 amide bonds. The van der Waals surface area contributed by atoms with E-state index in [0.717, 1.165) is 64.2 Å². The summed E-state index contributed by atoms with van der Waals surface area (Å²) >= 11 is 0. The Bertz CT molecular complexity index is 983. The first kappa shape index (κ1) is 50.2. The normalized spacial score (nSPS) is 21.9. The van der Waals surface area contributed by atoms with E-state index in [4.69, 9.17) is 9.47 Å². The molecular formula is C45H81NO8. The minimum atomic E-state index is -1.57. The number of rotatable bonds is 35. The van der Waals surface area contributed by atoms with Crippen LogP contribution in [-0.4, -0.2) is 87.5 Å². The van der Waals surface area contributed by atoms with Gasteiger partial charge in [-0.1, -0.05) is 152 Å². The topological polar surface area (TPSA) is 149 Å². The lowest BCUT2D eigenvalue weighted by Crippen LogP contribution is -2.60. The van der Waals surface area contributed by atoms with Crippen molar-refractivity contribution in [3.05, 3.63) is 48.6 Å². The Hall–Kier alpha value is -1.85. The van der Waals surface area contributed by atoms with Crippen molar-refractivity contribution in [2.75, 3.05) is 13.2 Å². The summed E-state index contributed by atoms with van der Waals surface area (Å²) in [7, 11) is 0. The van der Waals surface area contributed by atoms with E-state index in [1.54, 1.807) is 6.08 Å². The zero-order chi connectivity index (χ0) is 39.5. The molecule has 314 valence electrons. The smallest absolute Gasteiger partial charge is 0.220 e. The van der Waals surface area contributed by atoms with Crippen molar-refractivity contribution in [2.24, 2.45) is 0 Å². The maximum Gasteiger partial charge on any atom is 0.220 e. The van der Waals surface area contributed by atoms with Crippen LogP contribution in [0.4, 0.5) is 0 Å². The molecule has 0 aliphatic carbocycles. The Morgan fingerprint density at radius 2 is 1.11 bits per heavy atom. The third kappa shape index (κ3) is 26.1. The molecule has 1 rings (SSSR count). The molecule has 6 N–H and O–H groups in total. The van der Waals surface area contributed by atoms with Crippen molar-refractivity contribution >= 4 is 5.91 Å². The second-order valence-electron chi connectivity index (χ2n) is 15.1. The van der Waals surface area contributed by atoms with Crippen LogP contribution in [0, 0.1) is 0 Å². The van der Waals surface area contributed by atoms with Gasteiger partial charge in [0.05, 0.1) is 25.4 Å². The van der Waals surface area contributed by atoms with Crippen LogP contribution >= 0.6 is 0 Å². The van der Waals surface area contributed by atoms with Gasteiger partial charge < -0.3 is 40.3 Å². The monoisotopic (exact) mass is 764 g/mol. The molecule has 1 saturated heterocycles. The van der Waals surface area contributed by atoms with Gasteiger partial charge in [0, 0.05) is 6.42 Å². The number of ether oxygens (including phenoxy) is 2. The number of hydrogen-bond acceptors (Lipinski definition) is 8. The number of carbonyl (C=O) groups excluding carboxylic acids is 1. The summed E-state index contributed by atoms with van der Waals surface area (Å²) in [6.07, 6.45) is 37.4. The van der Waals surface area contributed by atoms with Gasteiger partial charge in [-0.05, 0) is 64.2 Å². The van der Waals surface area contributed by atoms with Gasteiger partial charge in [-0.15, -0.1) is 0 Å². The summed E-state index contributed by atoms with van der Waals surface area (Å²) < 4.78 is 11.1. The number of aliphatic hydroxyl groups excluding tert-OH is 5. The Balaban J connectivity index is 2.32. The molecule has 0 spiro atoms. The fourth-order valence-electron chi connectivity index (χ4n) is 6.60. The van der Waals surface area contributed by atoms with Crippen molar-refractivity contribution in [1.82, 2.24) is 5.32 Å². The quantitative estimate of drug-likeness (QED) is 0.0278. The van der Waals surface area contributed by atoms with E-state index in [1.165, 1.54) is 89.9 Å².